The number of aliphatic carboxylic acids is 1. The van der Waals surface area contributed by atoms with Gasteiger partial charge in [0.15, 0.2) is 0 Å². The normalized spacial score (nSPS) is 29.6. The molecule has 0 aromatic rings. The number of nitrogens with two attached hydrogens (primary N) is 1. The molecular weight excluding hydrogens is 204 g/mol. The lowest BCUT2D eigenvalue weighted by molar-refractivity contribution is -0.138. The van der Waals surface area contributed by atoms with E-state index < -0.39 is 12.0 Å². The van der Waals surface area contributed by atoms with E-state index in [2.05, 4.69) is 5.32 Å². The predicted octanol–water partition coefficient (Wildman–Crippen LogP) is 1.02. The van der Waals surface area contributed by atoms with E-state index in [1.165, 1.54) is 0 Å². The van der Waals surface area contributed by atoms with Crippen LogP contribution < -0.4 is 11.1 Å². The summed E-state index contributed by atoms with van der Waals surface area (Å²) in [7, 11) is 0. The zero-order valence-electron chi connectivity index (χ0n) is 9.39. The molecule has 2 unspecified atom stereocenters. The molecule has 0 saturated carbocycles. The summed E-state index contributed by atoms with van der Waals surface area (Å²) in [5, 5.41) is 11.9. The van der Waals surface area contributed by atoms with Crippen LogP contribution in [-0.2, 0) is 4.79 Å². The van der Waals surface area contributed by atoms with Gasteiger partial charge in [0.25, 0.3) is 0 Å². The first kappa shape index (κ1) is 12.5. The smallest absolute Gasteiger partial charge is 0.320 e. The highest BCUT2D eigenvalue weighted by Crippen LogP contribution is 2.17. The van der Waals surface area contributed by atoms with Gasteiger partial charge in [-0.15, -0.1) is 0 Å². The number of hydrogen-bond acceptors (Lipinski definition) is 3. The summed E-state index contributed by atoms with van der Waals surface area (Å²) in [6.45, 7) is 2.76. The molecular formula is C12H18N2O2. The average Bonchev–Trinajstić information content (AvgIpc) is 2.33. The van der Waals surface area contributed by atoms with Crippen molar-refractivity contribution in [2.75, 3.05) is 6.54 Å². The molecule has 0 aromatic carbocycles. The van der Waals surface area contributed by atoms with Gasteiger partial charge < -0.3 is 16.2 Å². The Morgan fingerprint density at radius 3 is 3.12 bits per heavy atom. The highest BCUT2D eigenvalue weighted by molar-refractivity contribution is 5.73. The molecule has 1 rings (SSSR count). The van der Waals surface area contributed by atoms with Crippen molar-refractivity contribution in [1.29, 1.82) is 0 Å². The lowest BCUT2D eigenvalue weighted by atomic mass is 9.95. The molecule has 1 aliphatic rings. The SMILES string of the molecule is CC1/C=C\C=C/CN/C=C\1CC(N)C(=O)O. The van der Waals surface area contributed by atoms with Crippen LogP contribution in [0.3, 0.4) is 0 Å². The van der Waals surface area contributed by atoms with Gasteiger partial charge in [-0.1, -0.05) is 31.2 Å². The fraction of sp³-hybridized carbons (Fsp3) is 0.417. The topological polar surface area (TPSA) is 75.3 Å². The number of carboxylic acids is 1. The largest absolute Gasteiger partial charge is 0.480 e. The molecule has 0 amide bonds. The molecule has 88 valence electrons. The molecule has 0 fully saturated rings. The summed E-state index contributed by atoms with van der Waals surface area (Å²) in [6.07, 6.45) is 10.2. The van der Waals surface area contributed by atoms with Gasteiger partial charge in [0, 0.05) is 6.54 Å². The number of carboxylic acid groups (broad SMARTS) is 1. The minimum absolute atomic E-state index is 0.195. The Hall–Kier alpha value is -1.55. The fourth-order valence-electron chi connectivity index (χ4n) is 1.48. The number of nitrogens with one attached hydrogen (secondary N) is 1. The zero-order chi connectivity index (χ0) is 12.0. The second kappa shape index (κ2) is 6.12. The monoisotopic (exact) mass is 222 g/mol. The Balaban J connectivity index is 2.71. The van der Waals surface area contributed by atoms with Gasteiger partial charge in [-0.3, -0.25) is 4.79 Å². The third-order valence-corrected chi connectivity index (χ3v) is 2.53. The van der Waals surface area contributed by atoms with Crippen molar-refractivity contribution in [1.82, 2.24) is 5.32 Å². The summed E-state index contributed by atoms with van der Waals surface area (Å²) in [4.78, 5) is 10.7. The molecule has 1 aliphatic heterocycles. The Bertz CT molecular complexity index is 332. The molecule has 4 nitrogen and oxygen atoms in total. The van der Waals surface area contributed by atoms with Crippen molar-refractivity contribution in [3.05, 3.63) is 36.1 Å². The van der Waals surface area contributed by atoms with Crippen molar-refractivity contribution in [3.63, 3.8) is 0 Å². The number of rotatable bonds is 3. The van der Waals surface area contributed by atoms with E-state index in [0.717, 1.165) is 12.1 Å². The molecule has 0 bridgehead atoms. The van der Waals surface area contributed by atoms with Crippen LogP contribution in [0.4, 0.5) is 0 Å². The van der Waals surface area contributed by atoms with Crippen LogP contribution in [0, 0.1) is 5.92 Å². The van der Waals surface area contributed by atoms with E-state index in [9.17, 15) is 4.79 Å². The van der Waals surface area contributed by atoms with Gasteiger partial charge in [0.1, 0.15) is 6.04 Å². The maximum atomic E-state index is 10.7. The molecule has 1 heterocycles. The van der Waals surface area contributed by atoms with E-state index in [-0.39, 0.29) is 5.92 Å². The zero-order valence-corrected chi connectivity index (χ0v) is 9.39. The number of hydrogen-bond donors (Lipinski definition) is 3. The molecule has 0 aromatic heterocycles. The van der Waals surface area contributed by atoms with Crippen molar-refractivity contribution in [3.8, 4) is 0 Å². The van der Waals surface area contributed by atoms with Crippen molar-refractivity contribution < 1.29 is 9.90 Å². The van der Waals surface area contributed by atoms with E-state index in [1.807, 2.05) is 37.4 Å². The standard InChI is InChI=1S/C12H18N2O2/c1-9-5-3-2-4-6-14-8-10(9)7-11(13)12(15)16/h2-5,8-9,11,14H,6-7,13H2,1H3,(H,15,16)/b4-2-,5-3-,10-8-. The van der Waals surface area contributed by atoms with Crippen LogP contribution in [0.5, 0.6) is 0 Å². The minimum atomic E-state index is -0.963. The van der Waals surface area contributed by atoms with E-state index in [0.29, 0.717) is 6.42 Å². The van der Waals surface area contributed by atoms with Crippen LogP contribution in [0.25, 0.3) is 0 Å². The first-order chi connectivity index (χ1) is 7.61. The predicted molar refractivity (Wildman–Crippen MR) is 63.8 cm³/mol. The summed E-state index contributed by atoms with van der Waals surface area (Å²) >= 11 is 0. The van der Waals surface area contributed by atoms with E-state index in [1.54, 1.807) is 0 Å². The number of allylic oxidation sites excluding steroid dienone is 3. The maximum absolute atomic E-state index is 10.7. The molecule has 0 saturated heterocycles. The minimum Gasteiger partial charge on any atom is -0.480 e. The molecule has 0 spiro atoms. The van der Waals surface area contributed by atoms with Crippen LogP contribution in [0.1, 0.15) is 13.3 Å². The fourth-order valence-corrected chi connectivity index (χ4v) is 1.48. The first-order valence-corrected chi connectivity index (χ1v) is 5.35. The van der Waals surface area contributed by atoms with E-state index in [4.69, 9.17) is 10.8 Å². The molecule has 4 heteroatoms. The van der Waals surface area contributed by atoms with Crippen LogP contribution in [-0.4, -0.2) is 23.7 Å². The summed E-state index contributed by atoms with van der Waals surface area (Å²) in [5.41, 5.74) is 6.54. The first-order valence-electron chi connectivity index (χ1n) is 5.35. The molecule has 16 heavy (non-hydrogen) atoms. The Morgan fingerprint density at radius 2 is 2.44 bits per heavy atom. The second-order valence-corrected chi connectivity index (χ2v) is 3.88. The highest BCUT2D eigenvalue weighted by Gasteiger charge is 2.16. The third kappa shape index (κ3) is 3.90. The number of carbonyl (C=O) groups is 1. The van der Waals surface area contributed by atoms with Crippen molar-refractivity contribution in [2.45, 2.75) is 19.4 Å². The van der Waals surface area contributed by atoms with E-state index >= 15 is 0 Å². The Labute approximate surface area is 95.5 Å². The van der Waals surface area contributed by atoms with Crippen LogP contribution in [0.15, 0.2) is 36.1 Å². The Kier molecular flexibility index (Phi) is 4.79. The van der Waals surface area contributed by atoms with Gasteiger partial charge in [-0.2, -0.15) is 0 Å². The highest BCUT2D eigenvalue weighted by atomic mass is 16.4. The van der Waals surface area contributed by atoms with Gasteiger partial charge in [0.2, 0.25) is 0 Å². The third-order valence-electron chi connectivity index (χ3n) is 2.53. The molecule has 4 N–H and O–H groups in total. The summed E-state index contributed by atoms with van der Waals surface area (Å²) < 4.78 is 0. The Morgan fingerprint density at radius 1 is 1.69 bits per heavy atom. The quantitative estimate of drug-likeness (QED) is 0.666. The second-order valence-electron chi connectivity index (χ2n) is 3.88. The van der Waals surface area contributed by atoms with Crippen molar-refractivity contribution in [2.24, 2.45) is 11.7 Å². The van der Waals surface area contributed by atoms with Crippen LogP contribution >= 0.6 is 0 Å². The van der Waals surface area contributed by atoms with Gasteiger partial charge in [-0.25, -0.2) is 0 Å². The molecule has 2 atom stereocenters. The summed E-state index contributed by atoms with van der Waals surface area (Å²) in [5.74, 6) is -0.768. The molecule has 0 aliphatic carbocycles. The maximum Gasteiger partial charge on any atom is 0.320 e. The summed E-state index contributed by atoms with van der Waals surface area (Å²) in [6, 6.07) is -0.836. The van der Waals surface area contributed by atoms with Gasteiger partial charge >= 0.3 is 5.97 Å². The van der Waals surface area contributed by atoms with Gasteiger partial charge in [-0.05, 0) is 24.1 Å². The lowest BCUT2D eigenvalue weighted by Gasteiger charge is -2.15. The van der Waals surface area contributed by atoms with Gasteiger partial charge in [0.05, 0.1) is 0 Å². The van der Waals surface area contributed by atoms with Crippen LogP contribution in [0.2, 0.25) is 0 Å². The molecule has 0 radical (unpaired) electrons. The van der Waals surface area contributed by atoms with Crippen molar-refractivity contribution >= 4 is 5.97 Å². The average molecular weight is 222 g/mol. The lowest BCUT2D eigenvalue weighted by Crippen LogP contribution is -2.31.